The van der Waals surface area contributed by atoms with Crippen molar-refractivity contribution in [3.05, 3.63) is 77.0 Å². The minimum absolute atomic E-state index is 0.0570. The summed E-state index contributed by atoms with van der Waals surface area (Å²) >= 11 is 0. The molecule has 2 amide bonds. The first-order valence-electron chi connectivity index (χ1n) is 10.5. The first-order chi connectivity index (χ1) is 15.1. The minimum Gasteiger partial charge on any atom is -0.349 e. The minimum atomic E-state index is -0.476. The molecule has 4 rings (SSSR count). The lowest BCUT2D eigenvalue weighted by Gasteiger charge is -2.22. The van der Waals surface area contributed by atoms with Crippen LogP contribution in [-0.4, -0.2) is 32.2 Å². The van der Waals surface area contributed by atoms with Gasteiger partial charge in [0, 0.05) is 30.3 Å². The van der Waals surface area contributed by atoms with Crippen LogP contribution >= 0.6 is 0 Å². The lowest BCUT2D eigenvalue weighted by atomic mass is 9.95. The van der Waals surface area contributed by atoms with Crippen LogP contribution in [0.15, 0.2) is 65.8 Å². The van der Waals surface area contributed by atoms with Gasteiger partial charge in [-0.1, -0.05) is 25.3 Å². The molecule has 0 radical (unpaired) electrons. The molecule has 0 unspecified atom stereocenters. The highest BCUT2D eigenvalue weighted by atomic mass is 16.2. The molecule has 31 heavy (non-hydrogen) atoms. The number of amides is 2. The molecule has 1 aromatic carbocycles. The van der Waals surface area contributed by atoms with E-state index in [1.54, 1.807) is 29.1 Å². The number of anilines is 1. The molecular formula is C23H25N5O3. The van der Waals surface area contributed by atoms with E-state index in [9.17, 15) is 14.4 Å². The molecule has 0 aliphatic heterocycles. The van der Waals surface area contributed by atoms with Gasteiger partial charge in [0.15, 0.2) is 0 Å². The summed E-state index contributed by atoms with van der Waals surface area (Å²) in [4.78, 5) is 37.9. The van der Waals surface area contributed by atoms with E-state index in [1.807, 2.05) is 24.4 Å². The Morgan fingerprint density at radius 3 is 2.65 bits per heavy atom. The van der Waals surface area contributed by atoms with Gasteiger partial charge in [0.2, 0.25) is 5.91 Å². The van der Waals surface area contributed by atoms with Gasteiger partial charge in [-0.3, -0.25) is 14.4 Å². The fourth-order valence-corrected chi connectivity index (χ4v) is 3.85. The number of carbonyl (C=O) groups is 2. The molecule has 1 aliphatic rings. The summed E-state index contributed by atoms with van der Waals surface area (Å²) in [6.07, 6.45) is 10.2. The third-order valence-electron chi connectivity index (χ3n) is 5.42. The van der Waals surface area contributed by atoms with Crippen molar-refractivity contribution >= 4 is 17.5 Å². The molecule has 2 heterocycles. The quantitative estimate of drug-likeness (QED) is 0.642. The summed E-state index contributed by atoms with van der Waals surface area (Å²) in [6.45, 7) is -0.185. The number of benzene rings is 1. The Kier molecular flexibility index (Phi) is 6.26. The smallest absolute Gasteiger partial charge is 0.263 e. The van der Waals surface area contributed by atoms with Crippen LogP contribution < -0.4 is 16.2 Å². The SMILES string of the molecule is O=C(Cn1cccc(C(=O)NC2CCCCC2)c1=O)Nc1cccc(-n2cccn2)c1. The predicted octanol–water partition coefficient (Wildman–Crippen LogP) is 2.74. The molecule has 0 atom stereocenters. The third kappa shape index (κ3) is 5.09. The standard InChI is InChI=1S/C23H25N5O3/c29-21(25-18-9-4-10-19(15-18)28-14-6-12-24-28)16-27-13-5-11-20(23(27)31)22(30)26-17-7-2-1-3-8-17/h4-6,9-15,17H,1-3,7-8,16H2,(H,25,29)(H,26,30). The van der Waals surface area contributed by atoms with Crippen molar-refractivity contribution in [2.45, 2.75) is 44.7 Å². The zero-order valence-electron chi connectivity index (χ0n) is 17.2. The highest BCUT2D eigenvalue weighted by Crippen LogP contribution is 2.17. The highest BCUT2D eigenvalue weighted by molar-refractivity contribution is 5.94. The number of carbonyl (C=O) groups excluding carboxylic acids is 2. The number of rotatable bonds is 6. The van der Waals surface area contributed by atoms with Crippen molar-refractivity contribution < 1.29 is 9.59 Å². The number of pyridine rings is 1. The Morgan fingerprint density at radius 1 is 1.03 bits per heavy atom. The molecule has 0 spiro atoms. The molecule has 1 aliphatic carbocycles. The highest BCUT2D eigenvalue weighted by Gasteiger charge is 2.19. The number of nitrogens with one attached hydrogen (secondary N) is 2. The van der Waals surface area contributed by atoms with E-state index in [0.717, 1.165) is 31.4 Å². The van der Waals surface area contributed by atoms with Crippen molar-refractivity contribution in [2.75, 3.05) is 5.32 Å². The fraction of sp³-hybridized carbons (Fsp3) is 0.304. The average Bonchev–Trinajstić information content (AvgIpc) is 3.31. The van der Waals surface area contributed by atoms with Gasteiger partial charge in [-0.25, -0.2) is 4.68 Å². The maximum absolute atomic E-state index is 12.8. The van der Waals surface area contributed by atoms with Gasteiger partial charge in [0.25, 0.3) is 11.5 Å². The molecule has 1 saturated carbocycles. The molecule has 8 heteroatoms. The molecule has 8 nitrogen and oxygen atoms in total. The second-order valence-electron chi connectivity index (χ2n) is 7.71. The van der Waals surface area contributed by atoms with Crippen molar-refractivity contribution in [3.8, 4) is 5.69 Å². The Bertz CT molecular complexity index is 1110. The fourth-order valence-electron chi connectivity index (χ4n) is 3.85. The van der Waals surface area contributed by atoms with Gasteiger partial charge in [-0.05, 0) is 49.2 Å². The van der Waals surface area contributed by atoms with Crippen molar-refractivity contribution in [2.24, 2.45) is 0 Å². The largest absolute Gasteiger partial charge is 0.349 e. The molecule has 2 N–H and O–H groups in total. The van der Waals surface area contributed by atoms with Crippen molar-refractivity contribution in [1.82, 2.24) is 19.7 Å². The van der Waals surface area contributed by atoms with Crippen LogP contribution in [-0.2, 0) is 11.3 Å². The second kappa shape index (κ2) is 9.42. The molecule has 160 valence electrons. The van der Waals surface area contributed by atoms with Gasteiger partial charge in [0.1, 0.15) is 12.1 Å². The van der Waals surface area contributed by atoms with E-state index >= 15 is 0 Å². The van der Waals surface area contributed by atoms with Crippen LogP contribution in [0.1, 0.15) is 42.5 Å². The summed E-state index contributed by atoms with van der Waals surface area (Å²) < 4.78 is 2.94. The zero-order valence-corrected chi connectivity index (χ0v) is 17.2. The van der Waals surface area contributed by atoms with Crippen molar-refractivity contribution in [3.63, 3.8) is 0 Å². The number of hydrogen-bond acceptors (Lipinski definition) is 4. The Balaban J connectivity index is 1.43. The molecule has 2 aromatic heterocycles. The van der Waals surface area contributed by atoms with E-state index in [4.69, 9.17) is 0 Å². The molecule has 3 aromatic rings. The lowest BCUT2D eigenvalue weighted by molar-refractivity contribution is -0.116. The Hall–Kier alpha value is -3.68. The Morgan fingerprint density at radius 2 is 1.87 bits per heavy atom. The van der Waals surface area contributed by atoms with E-state index in [-0.39, 0.29) is 30.0 Å². The van der Waals surface area contributed by atoms with Gasteiger partial charge in [-0.2, -0.15) is 5.10 Å². The maximum Gasteiger partial charge on any atom is 0.263 e. The monoisotopic (exact) mass is 419 g/mol. The molecular weight excluding hydrogens is 394 g/mol. The van der Waals surface area contributed by atoms with Crippen LogP contribution in [0.25, 0.3) is 5.69 Å². The average molecular weight is 419 g/mol. The first kappa shape index (κ1) is 20.6. The molecule has 1 fully saturated rings. The predicted molar refractivity (Wildman–Crippen MR) is 117 cm³/mol. The summed E-state index contributed by atoms with van der Waals surface area (Å²) in [5.74, 6) is -0.733. The topological polar surface area (TPSA) is 98.0 Å². The van der Waals surface area contributed by atoms with Crippen LogP contribution in [0.5, 0.6) is 0 Å². The van der Waals surface area contributed by atoms with E-state index in [1.165, 1.54) is 23.3 Å². The summed E-state index contributed by atoms with van der Waals surface area (Å²) in [6, 6.07) is 12.3. The summed E-state index contributed by atoms with van der Waals surface area (Å²) in [5, 5.41) is 9.92. The second-order valence-corrected chi connectivity index (χ2v) is 7.71. The normalized spacial score (nSPS) is 14.2. The summed E-state index contributed by atoms with van der Waals surface area (Å²) in [5.41, 5.74) is 0.983. The first-order valence-corrected chi connectivity index (χ1v) is 10.5. The lowest BCUT2D eigenvalue weighted by Crippen LogP contribution is -2.40. The van der Waals surface area contributed by atoms with Gasteiger partial charge >= 0.3 is 0 Å². The van der Waals surface area contributed by atoms with Crippen molar-refractivity contribution in [1.29, 1.82) is 0 Å². The molecule has 0 bridgehead atoms. The van der Waals surface area contributed by atoms with Crippen LogP contribution in [0.4, 0.5) is 5.69 Å². The van der Waals surface area contributed by atoms with E-state index < -0.39 is 5.56 Å². The summed E-state index contributed by atoms with van der Waals surface area (Å²) in [7, 11) is 0. The number of nitrogens with zero attached hydrogens (tertiary/aromatic N) is 3. The van der Waals surface area contributed by atoms with Crippen LogP contribution in [0.2, 0.25) is 0 Å². The number of aromatic nitrogens is 3. The van der Waals surface area contributed by atoms with Gasteiger partial charge < -0.3 is 15.2 Å². The number of hydrogen-bond donors (Lipinski definition) is 2. The third-order valence-corrected chi connectivity index (χ3v) is 5.42. The van der Waals surface area contributed by atoms with Gasteiger partial charge in [0.05, 0.1) is 5.69 Å². The van der Waals surface area contributed by atoms with E-state index in [2.05, 4.69) is 15.7 Å². The zero-order chi connectivity index (χ0) is 21.6. The van der Waals surface area contributed by atoms with Crippen LogP contribution in [0, 0.1) is 0 Å². The van der Waals surface area contributed by atoms with Gasteiger partial charge in [-0.15, -0.1) is 0 Å². The maximum atomic E-state index is 12.8. The van der Waals surface area contributed by atoms with E-state index in [0.29, 0.717) is 5.69 Å². The Labute approximate surface area is 179 Å². The van der Waals surface area contributed by atoms with Crippen LogP contribution in [0.3, 0.4) is 0 Å². The molecule has 0 saturated heterocycles.